The Balaban J connectivity index is 5.51. The Labute approximate surface area is 650 Å². The van der Waals surface area contributed by atoms with Gasteiger partial charge in [-0.3, -0.25) is 28.8 Å². The van der Waals surface area contributed by atoms with E-state index in [0.29, 0.717) is 25.7 Å². The van der Waals surface area contributed by atoms with E-state index < -0.39 is 47.8 Å². The molecule has 1 amide bonds. The summed E-state index contributed by atoms with van der Waals surface area (Å²) in [5, 5.41) is 0. The summed E-state index contributed by atoms with van der Waals surface area (Å²) in [5.74, 6) is -2.82. The number of rotatable bonds is 78. The number of ether oxygens (including phenoxy) is 7. The maximum absolute atomic E-state index is 13.5. The molecule has 0 radical (unpaired) electrons. The Morgan fingerprint density at radius 2 is 0.443 bits per heavy atom. The van der Waals surface area contributed by atoms with Gasteiger partial charge in [-0.15, -0.1) is 0 Å². The molecule has 0 saturated carbocycles. The lowest BCUT2D eigenvalue weighted by atomic mass is 10.1. The molecule has 0 N–H and O–H groups in total. The number of hydrogen-bond acceptors (Lipinski definition) is 14. The molecule has 0 bridgehead atoms. The number of allylic oxidation sites excluding steroid dienone is 8. The highest BCUT2D eigenvalue weighted by atomic mass is 16.6. The summed E-state index contributed by atoms with van der Waals surface area (Å²) in [6.45, 7) is 13.4. The molecule has 0 aliphatic heterocycles. The van der Waals surface area contributed by atoms with E-state index in [4.69, 9.17) is 33.2 Å². The van der Waals surface area contributed by atoms with Crippen molar-refractivity contribution in [3.8, 4) is 0 Å². The van der Waals surface area contributed by atoms with Crippen LogP contribution in [0.15, 0.2) is 48.6 Å². The van der Waals surface area contributed by atoms with Gasteiger partial charge >= 0.3 is 41.9 Å². The van der Waals surface area contributed by atoms with Crippen molar-refractivity contribution in [1.29, 1.82) is 0 Å². The zero-order valence-corrected chi connectivity index (χ0v) is 69.6. The Kier molecular flexibility index (Phi) is 74.5. The predicted octanol–water partition coefficient (Wildman–Crippen LogP) is 25.9. The van der Waals surface area contributed by atoms with Crippen LogP contribution < -0.4 is 0 Å². The van der Waals surface area contributed by atoms with E-state index in [1.807, 2.05) is 0 Å². The van der Waals surface area contributed by atoms with Crippen LogP contribution in [0.2, 0.25) is 0 Å². The van der Waals surface area contributed by atoms with E-state index in [2.05, 4.69) is 76.3 Å². The lowest BCUT2D eigenvalue weighted by Gasteiger charge is -2.27. The molecule has 0 aliphatic carbocycles. The van der Waals surface area contributed by atoms with E-state index in [1.165, 1.54) is 159 Å². The number of unbranched alkanes of at least 4 members (excludes halogenated alkanes) is 44. The summed E-state index contributed by atoms with van der Waals surface area (Å²) in [5.41, 5.74) is -0.819. The first kappa shape index (κ1) is 101. The molecule has 0 saturated heterocycles. The fourth-order valence-electron chi connectivity index (χ4n) is 12.6. The molecule has 0 heterocycles. The van der Waals surface area contributed by atoms with Gasteiger partial charge in [0.15, 0.2) is 12.2 Å². The number of nitrogens with zero attached hydrogens (tertiary/aromatic N) is 1. The topological polar surface area (TPSA) is 187 Å². The minimum absolute atomic E-state index is 0.0778. The van der Waals surface area contributed by atoms with Crippen molar-refractivity contribution in [2.24, 2.45) is 0 Å². The van der Waals surface area contributed by atoms with E-state index in [1.54, 1.807) is 20.8 Å². The Morgan fingerprint density at radius 3 is 0.660 bits per heavy atom. The van der Waals surface area contributed by atoms with Crippen molar-refractivity contribution in [1.82, 2.24) is 4.90 Å². The molecule has 106 heavy (non-hydrogen) atoms. The lowest BCUT2D eigenvalue weighted by Crippen LogP contribution is -2.38. The Bertz CT molecular complexity index is 2050. The molecule has 2 atom stereocenters. The van der Waals surface area contributed by atoms with E-state index in [0.717, 1.165) is 154 Å². The van der Waals surface area contributed by atoms with Gasteiger partial charge in [0.1, 0.15) is 32.0 Å². The van der Waals surface area contributed by atoms with Crippen molar-refractivity contribution >= 4 is 41.9 Å². The molecule has 0 unspecified atom stereocenters. The third-order valence-electron chi connectivity index (χ3n) is 19.2. The Morgan fingerprint density at radius 1 is 0.255 bits per heavy atom. The second kappa shape index (κ2) is 78.2. The summed E-state index contributed by atoms with van der Waals surface area (Å²) in [6, 6.07) is 0. The van der Waals surface area contributed by atoms with Crippen molar-refractivity contribution in [2.75, 3.05) is 39.5 Å². The number of esters is 6. The highest BCUT2D eigenvalue weighted by Gasteiger charge is 2.25. The highest BCUT2D eigenvalue weighted by molar-refractivity contribution is 5.73. The fraction of sp³-hybridized carbons (Fsp3) is 0.835. The van der Waals surface area contributed by atoms with Crippen molar-refractivity contribution in [3.05, 3.63) is 48.6 Å². The van der Waals surface area contributed by atoms with Crippen molar-refractivity contribution in [2.45, 2.75) is 452 Å². The van der Waals surface area contributed by atoms with E-state index in [9.17, 15) is 33.6 Å². The van der Waals surface area contributed by atoms with Crippen LogP contribution in [0.4, 0.5) is 4.79 Å². The first-order valence-electron chi connectivity index (χ1n) is 44.2. The monoisotopic (exact) mass is 1490 g/mol. The van der Waals surface area contributed by atoms with Crippen molar-refractivity contribution in [3.63, 3.8) is 0 Å². The van der Waals surface area contributed by atoms with E-state index >= 15 is 0 Å². The van der Waals surface area contributed by atoms with Crippen LogP contribution in [0.25, 0.3) is 0 Å². The van der Waals surface area contributed by atoms with Crippen LogP contribution >= 0.6 is 0 Å². The number of carbonyl (C=O) groups excluding carboxylic acids is 7. The largest absolute Gasteiger partial charge is 0.462 e. The molecular weight excluding hydrogens is 1330 g/mol. The summed E-state index contributed by atoms with van der Waals surface area (Å²) in [4.78, 5) is 93.8. The zero-order valence-electron chi connectivity index (χ0n) is 69.6. The van der Waals surface area contributed by atoms with Gasteiger partial charge in [0, 0.05) is 51.6 Å². The zero-order chi connectivity index (χ0) is 77.5. The molecule has 0 aromatic heterocycles. The third kappa shape index (κ3) is 75.8. The molecule has 0 aromatic carbocycles. The maximum atomic E-state index is 13.5. The second-order valence-electron chi connectivity index (χ2n) is 31.0. The normalized spacial score (nSPS) is 12.4. The van der Waals surface area contributed by atoms with Gasteiger partial charge in [-0.05, 0) is 162 Å². The molecule has 0 rings (SSSR count). The van der Waals surface area contributed by atoms with Crippen LogP contribution in [0.5, 0.6) is 0 Å². The maximum Gasteiger partial charge on any atom is 0.410 e. The summed E-state index contributed by atoms with van der Waals surface area (Å²) >= 11 is 0. The second-order valence-corrected chi connectivity index (χ2v) is 31.0. The first-order valence-corrected chi connectivity index (χ1v) is 44.2. The smallest absolute Gasteiger partial charge is 0.410 e. The standard InChI is InChI=1S/C91H163NO14/c1-8-12-16-20-24-28-32-36-40-44-48-52-56-60-64-70-84(93)100-78-82(104-88(97)72-66-62-58-54-50-46-42-38-34-30-26-22-18-14-10-3)80-102-86(95)74-68-76-92(90(99)106-91(5,6)7)77-69-75-87(96)103-81-83(105-89(98)73-67-63-59-55-51-47-43-39-35-31-27-23-19-15-11-4)79-101-85(94)71-65-61-57-53-49-45-41-37-33-29-25-21-17-13-9-2/h36-43,82-83H,8-35,44-81H2,1-7H3/b40-36-,41-37-,42-38-,43-39-/t82-,83-/m1/s1. The van der Waals surface area contributed by atoms with Crippen molar-refractivity contribution < 1.29 is 66.7 Å². The van der Waals surface area contributed by atoms with Crippen LogP contribution in [0.3, 0.4) is 0 Å². The van der Waals surface area contributed by atoms with Gasteiger partial charge < -0.3 is 38.1 Å². The minimum Gasteiger partial charge on any atom is -0.462 e. The highest BCUT2D eigenvalue weighted by Crippen LogP contribution is 2.19. The SMILES string of the molecule is CCCCCCCC/C=C\CCCCCCCC(=O)OC[C@H](COC(=O)CCCN(CCCC(=O)OC[C@@H](COC(=O)CCCCCCC/C=C\CCCCCCCC)OC(=O)CCCCCCC/C=C\CCCCCCCC)C(=O)OC(C)(C)C)OC(=O)CCCCCCC/C=C\CCCCCCCC. The van der Waals surface area contributed by atoms with Crippen LogP contribution in [-0.4, -0.2) is 104 Å². The van der Waals surface area contributed by atoms with E-state index in [-0.39, 0.29) is 103 Å². The summed E-state index contributed by atoms with van der Waals surface area (Å²) in [7, 11) is 0. The average molecular weight is 1500 g/mol. The van der Waals surface area contributed by atoms with Gasteiger partial charge in [0.2, 0.25) is 0 Å². The molecule has 0 aromatic rings. The summed E-state index contributed by atoms with van der Waals surface area (Å²) < 4.78 is 39.8. The van der Waals surface area contributed by atoms with Gasteiger partial charge in [-0.25, -0.2) is 4.79 Å². The van der Waals surface area contributed by atoms with Gasteiger partial charge in [0.05, 0.1) is 0 Å². The van der Waals surface area contributed by atoms with Gasteiger partial charge in [-0.2, -0.15) is 0 Å². The lowest BCUT2D eigenvalue weighted by molar-refractivity contribution is -0.167. The molecule has 0 fully saturated rings. The van der Waals surface area contributed by atoms with Crippen LogP contribution in [-0.2, 0) is 61.9 Å². The molecule has 616 valence electrons. The van der Waals surface area contributed by atoms with Crippen LogP contribution in [0.1, 0.15) is 434 Å². The van der Waals surface area contributed by atoms with Crippen LogP contribution in [0, 0.1) is 0 Å². The third-order valence-corrected chi connectivity index (χ3v) is 19.2. The fourth-order valence-corrected chi connectivity index (χ4v) is 12.6. The first-order chi connectivity index (χ1) is 51.6. The van der Waals surface area contributed by atoms with Gasteiger partial charge in [-0.1, -0.05) is 282 Å². The number of carbonyl (C=O) groups is 7. The minimum atomic E-state index is -0.984. The molecule has 0 aliphatic rings. The molecule has 15 nitrogen and oxygen atoms in total. The average Bonchev–Trinajstić information content (AvgIpc) is 0.923. The molecular formula is C91H163NO14. The van der Waals surface area contributed by atoms with Gasteiger partial charge in [0.25, 0.3) is 0 Å². The predicted molar refractivity (Wildman–Crippen MR) is 438 cm³/mol. The molecule has 0 spiro atoms. The quantitative estimate of drug-likeness (QED) is 0.0242. The Hall–Kier alpha value is -4.95. The number of hydrogen-bond donors (Lipinski definition) is 0. The molecule has 15 heteroatoms. The summed E-state index contributed by atoms with van der Waals surface area (Å²) in [6.07, 6.45) is 76.7. The number of amides is 1.